The van der Waals surface area contributed by atoms with Gasteiger partial charge in [-0.1, -0.05) is 23.8 Å². The van der Waals surface area contributed by atoms with Crippen molar-refractivity contribution in [3.05, 3.63) is 53.6 Å². The molecular weight excluding hydrogens is 282 g/mol. The first kappa shape index (κ1) is 14.0. The van der Waals surface area contributed by atoms with Gasteiger partial charge in [0.15, 0.2) is 0 Å². The fraction of sp³-hybridized carbons (Fsp3) is 0.235. The standard InChI is InChI=1S/C17H17NO2S/c1-11-6-7-12-9-16(21-15(12)8-11)17(19)18-13-4-3-5-14(10-13)20-2/h3-8,10,16H,9H2,1-2H3,(H,18,19)/t16-/m1/s1. The monoisotopic (exact) mass is 299 g/mol. The predicted octanol–water partition coefficient (Wildman–Crippen LogP) is 3.66. The molecule has 0 radical (unpaired) electrons. The lowest BCUT2D eigenvalue weighted by Crippen LogP contribution is -2.24. The number of fused-ring (bicyclic) bond motifs is 1. The van der Waals surface area contributed by atoms with Gasteiger partial charge in [-0.25, -0.2) is 0 Å². The third kappa shape index (κ3) is 3.05. The first-order valence-electron chi connectivity index (χ1n) is 6.87. The summed E-state index contributed by atoms with van der Waals surface area (Å²) in [5.41, 5.74) is 3.26. The van der Waals surface area contributed by atoms with E-state index in [0.717, 1.165) is 17.9 Å². The lowest BCUT2D eigenvalue weighted by atomic mass is 10.1. The second kappa shape index (κ2) is 5.82. The number of rotatable bonds is 3. The molecule has 0 aliphatic carbocycles. The van der Waals surface area contributed by atoms with E-state index in [0.29, 0.717) is 0 Å². The number of carbonyl (C=O) groups is 1. The molecule has 1 amide bonds. The number of hydrogen-bond donors (Lipinski definition) is 1. The fourth-order valence-electron chi connectivity index (χ4n) is 2.40. The van der Waals surface area contributed by atoms with Gasteiger partial charge in [0.1, 0.15) is 5.75 Å². The summed E-state index contributed by atoms with van der Waals surface area (Å²) in [6, 6.07) is 13.8. The van der Waals surface area contributed by atoms with Crippen molar-refractivity contribution >= 4 is 23.4 Å². The number of carbonyl (C=O) groups excluding carboxylic acids is 1. The highest BCUT2D eigenvalue weighted by atomic mass is 32.2. The molecule has 0 saturated carbocycles. The van der Waals surface area contributed by atoms with Gasteiger partial charge in [-0.05, 0) is 37.1 Å². The zero-order chi connectivity index (χ0) is 14.8. The molecule has 1 aliphatic rings. The van der Waals surface area contributed by atoms with Crippen molar-refractivity contribution in [1.29, 1.82) is 0 Å². The van der Waals surface area contributed by atoms with Crippen LogP contribution in [-0.2, 0) is 11.2 Å². The first-order valence-corrected chi connectivity index (χ1v) is 7.75. The molecule has 2 aromatic carbocycles. The van der Waals surface area contributed by atoms with E-state index in [-0.39, 0.29) is 11.2 Å². The highest BCUT2D eigenvalue weighted by molar-refractivity contribution is 8.01. The molecule has 108 valence electrons. The molecule has 0 bridgehead atoms. The van der Waals surface area contributed by atoms with Crippen molar-refractivity contribution in [3.63, 3.8) is 0 Å². The van der Waals surface area contributed by atoms with Crippen LogP contribution in [0.2, 0.25) is 0 Å². The fourth-order valence-corrected chi connectivity index (χ4v) is 3.70. The molecule has 0 fully saturated rings. The van der Waals surface area contributed by atoms with Crippen LogP contribution in [0.25, 0.3) is 0 Å². The molecule has 21 heavy (non-hydrogen) atoms. The minimum Gasteiger partial charge on any atom is -0.497 e. The van der Waals surface area contributed by atoms with E-state index in [4.69, 9.17) is 4.74 Å². The van der Waals surface area contributed by atoms with Crippen molar-refractivity contribution in [2.75, 3.05) is 12.4 Å². The molecule has 0 unspecified atom stereocenters. The Morgan fingerprint density at radius 3 is 2.95 bits per heavy atom. The van der Waals surface area contributed by atoms with Crippen molar-refractivity contribution in [1.82, 2.24) is 0 Å². The van der Waals surface area contributed by atoms with Gasteiger partial charge in [0.25, 0.3) is 0 Å². The van der Waals surface area contributed by atoms with Gasteiger partial charge < -0.3 is 10.1 Å². The molecule has 3 rings (SSSR count). The highest BCUT2D eigenvalue weighted by Crippen LogP contribution is 2.38. The Bertz CT molecular complexity index is 684. The molecule has 2 aromatic rings. The predicted molar refractivity (Wildman–Crippen MR) is 86.2 cm³/mol. The molecule has 0 spiro atoms. The Morgan fingerprint density at radius 2 is 2.14 bits per heavy atom. The summed E-state index contributed by atoms with van der Waals surface area (Å²) in [5.74, 6) is 0.785. The summed E-state index contributed by atoms with van der Waals surface area (Å²) in [6.07, 6.45) is 0.788. The van der Waals surface area contributed by atoms with Crippen molar-refractivity contribution in [2.24, 2.45) is 0 Å². The quantitative estimate of drug-likeness (QED) is 0.940. The SMILES string of the molecule is COc1cccc(NC(=O)[C@H]2Cc3ccc(C)cc3S2)c1. The number of ether oxygens (including phenoxy) is 1. The molecule has 1 aliphatic heterocycles. The van der Waals surface area contributed by atoms with Gasteiger partial charge >= 0.3 is 0 Å². The van der Waals surface area contributed by atoms with Gasteiger partial charge in [0.2, 0.25) is 5.91 Å². The van der Waals surface area contributed by atoms with E-state index < -0.39 is 0 Å². The Kier molecular flexibility index (Phi) is 3.88. The van der Waals surface area contributed by atoms with Crippen LogP contribution in [0, 0.1) is 6.92 Å². The third-order valence-corrected chi connectivity index (χ3v) is 4.83. The lowest BCUT2D eigenvalue weighted by Gasteiger charge is -2.10. The lowest BCUT2D eigenvalue weighted by molar-refractivity contribution is -0.115. The number of benzene rings is 2. The summed E-state index contributed by atoms with van der Waals surface area (Å²) in [6.45, 7) is 2.07. The topological polar surface area (TPSA) is 38.3 Å². The smallest absolute Gasteiger partial charge is 0.238 e. The number of aryl methyl sites for hydroxylation is 1. The Labute approximate surface area is 128 Å². The normalized spacial score (nSPS) is 16.4. The van der Waals surface area contributed by atoms with E-state index in [1.807, 2.05) is 24.3 Å². The molecule has 3 nitrogen and oxygen atoms in total. The van der Waals surface area contributed by atoms with Crippen LogP contribution in [-0.4, -0.2) is 18.3 Å². The third-order valence-electron chi connectivity index (χ3n) is 3.53. The van der Waals surface area contributed by atoms with Gasteiger partial charge in [-0.2, -0.15) is 0 Å². The number of nitrogens with one attached hydrogen (secondary N) is 1. The van der Waals surface area contributed by atoms with Gasteiger partial charge in [0.05, 0.1) is 12.4 Å². The van der Waals surface area contributed by atoms with Crippen molar-refractivity contribution in [2.45, 2.75) is 23.5 Å². The summed E-state index contributed by atoms with van der Waals surface area (Å²) < 4.78 is 5.17. The largest absolute Gasteiger partial charge is 0.497 e. The van der Waals surface area contributed by atoms with E-state index in [1.54, 1.807) is 18.9 Å². The minimum absolute atomic E-state index is 0.0436. The number of thioether (sulfide) groups is 1. The average molecular weight is 299 g/mol. The summed E-state index contributed by atoms with van der Waals surface area (Å²) in [5, 5.41) is 2.91. The van der Waals surface area contributed by atoms with Gasteiger partial charge in [-0.15, -0.1) is 11.8 Å². The zero-order valence-corrected chi connectivity index (χ0v) is 12.9. The second-order valence-electron chi connectivity index (χ2n) is 5.14. The summed E-state index contributed by atoms with van der Waals surface area (Å²) >= 11 is 1.64. The van der Waals surface area contributed by atoms with Crippen LogP contribution in [0.15, 0.2) is 47.4 Å². The Morgan fingerprint density at radius 1 is 1.29 bits per heavy atom. The minimum atomic E-state index is -0.0620. The van der Waals surface area contributed by atoms with Crippen LogP contribution in [0.5, 0.6) is 5.75 Å². The Hall–Kier alpha value is -1.94. The van der Waals surface area contributed by atoms with Crippen molar-refractivity contribution < 1.29 is 9.53 Å². The molecule has 0 saturated heterocycles. The van der Waals surface area contributed by atoms with Crippen LogP contribution in [0.3, 0.4) is 0 Å². The van der Waals surface area contributed by atoms with Gasteiger partial charge in [-0.3, -0.25) is 4.79 Å². The molecule has 1 heterocycles. The number of hydrogen-bond acceptors (Lipinski definition) is 3. The van der Waals surface area contributed by atoms with Crippen LogP contribution < -0.4 is 10.1 Å². The van der Waals surface area contributed by atoms with Gasteiger partial charge in [0, 0.05) is 16.6 Å². The maximum Gasteiger partial charge on any atom is 0.238 e. The molecule has 1 atom stereocenters. The van der Waals surface area contributed by atoms with E-state index in [9.17, 15) is 4.79 Å². The molecule has 0 aromatic heterocycles. The average Bonchev–Trinajstić information content (AvgIpc) is 2.90. The summed E-state index contributed by atoms with van der Waals surface area (Å²) in [7, 11) is 1.62. The van der Waals surface area contributed by atoms with Crippen LogP contribution in [0.1, 0.15) is 11.1 Å². The second-order valence-corrected chi connectivity index (χ2v) is 6.39. The number of anilines is 1. The van der Waals surface area contributed by atoms with Crippen molar-refractivity contribution in [3.8, 4) is 5.75 Å². The summed E-state index contributed by atoms with van der Waals surface area (Å²) in [4.78, 5) is 13.6. The first-order chi connectivity index (χ1) is 10.2. The van der Waals surface area contributed by atoms with E-state index in [2.05, 4.69) is 30.4 Å². The molecule has 1 N–H and O–H groups in total. The maximum atomic E-state index is 12.4. The number of amides is 1. The maximum absolute atomic E-state index is 12.4. The Balaban J connectivity index is 1.70. The van der Waals surface area contributed by atoms with E-state index >= 15 is 0 Å². The number of methoxy groups -OCH3 is 1. The zero-order valence-electron chi connectivity index (χ0n) is 12.1. The highest BCUT2D eigenvalue weighted by Gasteiger charge is 2.28. The molecule has 4 heteroatoms. The van der Waals surface area contributed by atoms with Crippen LogP contribution >= 0.6 is 11.8 Å². The van der Waals surface area contributed by atoms with Crippen LogP contribution in [0.4, 0.5) is 5.69 Å². The molecular formula is C17H17NO2S. The van der Waals surface area contributed by atoms with E-state index in [1.165, 1.54) is 16.0 Å².